The molecule has 0 N–H and O–H groups in total. The van der Waals surface area contributed by atoms with Crippen molar-refractivity contribution in [2.45, 2.75) is 19.3 Å². The van der Waals surface area contributed by atoms with Gasteiger partial charge in [-0.2, -0.15) is 4.98 Å². The minimum absolute atomic E-state index is 0.145. The second-order valence-electron chi connectivity index (χ2n) is 7.70. The predicted octanol–water partition coefficient (Wildman–Crippen LogP) is 3.06. The second-order valence-corrected chi connectivity index (χ2v) is 7.70. The fraction of sp³-hybridized carbons (Fsp3) is 0.375. The molecular weight excluding hydrogens is 392 g/mol. The third-order valence-corrected chi connectivity index (χ3v) is 5.65. The van der Waals surface area contributed by atoms with E-state index in [-0.39, 0.29) is 5.91 Å². The van der Waals surface area contributed by atoms with Crippen LogP contribution in [0.15, 0.2) is 59.1 Å². The lowest BCUT2D eigenvalue weighted by atomic mass is 10.1. The molecule has 1 aromatic heterocycles. The Kier molecular flexibility index (Phi) is 6.94. The number of hydrogen-bond donors (Lipinski definition) is 0. The molecule has 0 aliphatic carbocycles. The van der Waals surface area contributed by atoms with Crippen molar-refractivity contribution in [1.82, 2.24) is 19.9 Å². The van der Waals surface area contributed by atoms with Crippen LogP contribution in [0.4, 0.5) is 0 Å². The minimum atomic E-state index is 0.145. The Labute approximate surface area is 182 Å². The number of amides is 1. The maximum absolute atomic E-state index is 12.6. The van der Waals surface area contributed by atoms with E-state index in [0.717, 1.165) is 50.5 Å². The maximum atomic E-state index is 12.6. The summed E-state index contributed by atoms with van der Waals surface area (Å²) >= 11 is 0. The average molecular weight is 421 g/mol. The van der Waals surface area contributed by atoms with Crippen molar-refractivity contribution in [3.63, 3.8) is 0 Å². The molecule has 0 saturated carbocycles. The number of methoxy groups -OCH3 is 1. The molecule has 2 heterocycles. The van der Waals surface area contributed by atoms with Crippen LogP contribution in [-0.4, -0.2) is 65.7 Å². The molecule has 0 radical (unpaired) electrons. The normalized spacial score (nSPS) is 14.5. The topological polar surface area (TPSA) is 71.7 Å². The SMILES string of the molecule is COc1ccc(-c2noc(CCC(=O)N3CCN(CCc4ccccc4)CC3)n2)cc1. The number of nitrogens with zero attached hydrogens (tertiary/aromatic N) is 4. The van der Waals surface area contributed by atoms with Gasteiger partial charge in [-0.1, -0.05) is 35.5 Å². The van der Waals surface area contributed by atoms with Crippen molar-refractivity contribution in [2.75, 3.05) is 39.8 Å². The van der Waals surface area contributed by atoms with Crippen LogP contribution in [-0.2, 0) is 17.6 Å². The Morgan fingerprint density at radius 2 is 1.74 bits per heavy atom. The third kappa shape index (κ3) is 5.70. The van der Waals surface area contributed by atoms with Crippen LogP contribution < -0.4 is 4.74 Å². The standard InChI is InChI=1S/C24H28N4O3/c1-30-21-9-7-20(8-10-21)24-25-22(31-26-24)11-12-23(29)28-17-15-27(16-18-28)14-13-19-5-3-2-4-6-19/h2-10H,11-18H2,1H3. The Hall–Kier alpha value is -3.19. The van der Waals surface area contributed by atoms with Crippen LogP contribution in [0.25, 0.3) is 11.4 Å². The van der Waals surface area contributed by atoms with Gasteiger partial charge in [0.2, 0.25) is 17.6 Å². The molecule has 31 heavy (non-hydrogen) atoms. The summed E-state index contributed by atoms with van der Waals surface area (Å²) in [4.78, 5) is 21.4. The first-order chi connectivity index (χ1) is 15.2. The summed E-state index contributed by atoms with van der Waals surface area (Å²) in [6.07, 6.45) is 1.88. The van der Waals surface area contributed by atoms with E-state index in [0.29, 0.717) is 24.6 Å². The minimum Gasteiger partial charge on any atom is -0.497 e. The highest BCUT2D eigenvalue weighted by atomic mass is 16.5. The van der Waals surface area contributed by atoms with E-state index in [9.17, 15) is 4.79 Å². The molecule has 3 aromatic rings. The summed E-state index contributed by atoms with van der Waals surface area (Å²) in [5.74, 6) is 1.93. The zero-order valence-corrected chi connectivity index (χ0v) is 17.9. The van der Waals surface area contributed by atoms with Gasteiger partial charge in [-0.3, -0.25) is 9.69 Å². The highest BCUT2D eigenvalue weighted by Crippen LogP contribution is 2.20. The Morgan fingerprint density at radius 1 is 1.00 bits per heavy atom. The van der Waals surface area contributed by atoms with Gasteiger partial charge in [0.25, 0.3) is 0 Å². The first-order valence-electron chi connectivity index (χ1n) is 10.7. The van der Waals surface area contributed by atoms with Crippen molar-refractivity contribution in [3.05, 3.63) is 66.1 Å². The van der Waals surface area contributed by atoms with Gasteiger partial charge < -0.3 is 14.2 Å². The molecule has 1 amide bonds. The van der Waals surface area contributed by atoms with E-state index in [2.05, 4.69) is 39.3 Å². The zero-order valence-electron chi connectivity index (χ0n) is 17.9. The molecule has 0 unspecified atom stereocenters. The van der Waals surface area contributed by atoms with Crippen LogP contribution in [0.2, 0.25) is 0 Å². The molecule has 1 saturated heterocycles. The number of aromatic nitrogens is 2. The van der Waals surface area contributed by atoms with Crippen LogP contribution in [0.3, 0.4) is 0 Å². The van der Waals surface area contributed by atoms with Gasteiger partial charge in [0.15, 0.2) is 0 Å². The zero-order chi connectivity index (χ0) is 21.5. The van der Waals surface area contributed by atoms with E-state index < -0.39 is 0 Å². The largest absolute Gasteiger partial charge is 0.497 e. The molecule has 1 aliphatic heterocycles. The molecule has 1 fully saturated rings. The van der Waals surface area contributed by atoms with Crippen molar-refractivity contribution >= 4 is 5.91 Å². The summed E-state index contributed by atoms with van der Waals surface area (Å²) < 4.78 is 10.5. The number of carbonyl (C=O) groups excluding carboxylic acids is 1. The molecule has 0 spiro atoms. The fourth-order valence-corrected chi connectivity index (χ4v) is 3.74. The predicted molar refractivity (Wildman–Crippen MR) is 118 cm³/mol. The van der Waals surface area contributed by atoms with Crippen LogP contribution >= 0.6 is 0 Å². The van der Waals surface area contributed by atoms with E-state index in [1.165, 1.54) is 5.56 Å². The lowest BCUT2D eigenvalue weighted by Crippen LogP contribution is -2.49. The Morgan fingerprint density at radius 3 is 2.45 bits per heavy atom. The third-order valence-electron chi connectivity index (χ3n) is 5.65. The van der Waals surface area contributed by atoms with Crippen LogP contribution in [0.5, 0.6) is 5.75 Å². The fourth-order valence-electron chi connectivity index (χ4n) is 3.74. The van der Waals surface area contributed by atoms with E-state index >= 15 is 0 Å². The maximum Gasteiger partial charge on any atom is 0.227 e. The van der Waals surface area contributed by atoms with Gasteiger partial charge in [-0.05, 0) is 36.2 Å². The van der Waals surface area contributed by atoms with E-state index in [1.54, 1.807) is 7.11 Å². The van der Waals surface area contributed by atoms with E-state index in [1.807, 2.05) is 35.2 Å². The summed E-state index contributed by atoms with van der Waals surface area (Å²) in [6, 6.07) is 18.0. The van der Waals surface area contributed by atoms with Gasteiger partial charge in [-0.25, -0.2) is 0 Å². The molecule has 4 rings (SSSR count). The lowest BCUT2D eigenvalue weighted by molar-refractivity contribution is -0.133. The molecule has 7 nitrogen and oxygen atoms in total. The Bertz CT molecular complexity index is 964. The molecular formula is C24H28N4O3. The molecule has 0 bridgehead atoms. The van der Waals surface area contributed by atoms with Crippen molar-refractivity contribution < 1.29 is 14.1 Å². The monoisotopic (exact) mass is 420 g/mol. The van der Waals surface area contributed by atoms with Gasteiger partial charge in [0.05, 0.1) is 7.11 Å². The summed E-state index contributed by atoms with van der Waals surface area (Å²) in [6.45, 7) is 4.41. The van der Waals surface area contributed by atoms with Crippen molar-refractivity contribution in [2.24, 2.45) is 0 Å². The quantitative estimate of drug-likeness (QED) is 0.558. The smallest absolute Gasteiger partial charge is 0.227 e. The van der Waals surface area contributed by atoms with Crippen LogP contribution in [0, 0.1) is 0 Å². The number of benzene rings is 2. The summed E-state index contributed by atoms with van der Waals surface area (Å²) in [5, 5.41) is 4.03. The van der Waals surface area contributed by atoms with Crippen LogP contribution in [0.1, 0.15) is 17.9 Å². The first kappa shape index (κ1) is 21.1. The number of carbonyl (C=O) groups is 1. The van der Waals surface area contributed by atoms with Crippen molar-refractivity contribution in [1.29, 1.82) is 0 Å². The summed E-state index contributed by atoms with van der Waals surface area (Å²) in [5.41, 5.74) is 2.21. The molecule has 7 heteroatoms. The Balaban J connectivity index is 1.20. The number of ether oxygens (including phenoxy) is 1. The van der Waals surface area contributed by atoms with Gasteiger partial charge >= 0.3 is 0 Å². The number of rotatable bonds is 8. The van der Waals surface area contributed by atoms with E-state index in [4.69, 9.17) is 9.26 Å². The van der Waals surface area contributed by atoms with Gasteiger partial charge in [0.1, 0.15) is 5.75 Å². The van der Waals surface area contributed by atoms with Gasteiger partial charge in [-0.15, -0.1) is 0 Å². The lowest BCUT2D eigenvalue weighted by Gasteiger charge is -2.34. The number of aryl methyl sites for hydroxylation is 1. The highest BCUT2D eigenvalue weighted by molar-refractivity contribution is 5.76. The summed E-state index contributed by atoms with van der Waals surface area (Å²) in [7, 11) is 1.63. The highest BCUT2D eigenvalue weighted by Gasteiger charge is 2.21. The molecule has 0 atom stereocenters. The second kappa shape index (κ2) is 10.2. The van der Waals surface area contributed by atoms with Gasteiger partial charge in [0, 0.05) is 51.1 Å². The molecule has 162 valence electrons. The average Bonchev–Trinajstić information content (AvgIpc) is 3.31. The number of piperazine rings is 1. The van der Waals surface area contributed by atoms with Crippen molar-refractivity contribution in [3.8, 4) is 17.1 Å². The molecule has 2 aromatic carbocycles. The number of hydrogen-bond acceptors (Lipinski definition) is 6. The first-order valence-corrected chi connectivity index (χ1v) is 10.7. The molecule has 1 aliphatic rings.